The van der Waals surface area contributed by atoms with Crippen LogP contribution in [0.3, 0.4) is 0 Å². The lowest BCUT2D eigenvalue weighted by atomic mass is 10.3. The van der Waals surface area contributed by atoms with E-state index in [1.807, 2.05) is 13.3 Å². The lowest BCUT2D eigenvalue weighted by Gasteiger charge is -1.90. The summed E-state index contributed by atoms with van der Waals surface area (Å²) in [6, 6.07) is 0. The Bertz CT molecular complexity index is 25.3. The molecular weight excluding hydrogens is 92.1 g/mol. The van der Waals surface area contributed by atoms with Gasteiger partial charge in [0, 0.05) is 0 Å². The molecule has 0 saturated carbocycles. The molecule has 0 unspecified atom stereocenters. The molecule has 0 atom stereocenters. The van der Waals surface area contributed by atoms with Crippen molar-refractivity contribution in [2.45, 2.75) is 19.8 Å². The maximum atomic E-state index is 7.78. The third kappa shape index (κ3) is 5.92. The van der Waals surface area contributed by atoms with Crippen molar-refractivity contribution in [3.63, 3.8) is 0 Å². The van der Waals surface area contributed by atoms with Crippen molar-refractivity contribution >= 4 is 0 Å². The SMILES string of the molecule is C[CH]CCCOO. The Hall–Kier alpha value is -0.0800. The fourth-order valence-electron chi connectivity index (χ4n) is 0.352. The molecule has 0 aliphatic rings. The van der Waals surface area contributed by atoms with E-state index in [1.165, 1.54) is 0 Å². The zero-order chi connectivity index (χ0) is 5.54. The second-order valence-corrected chi connectivity index (χ2v) is 1.38. The molecule has 0 fully saturated rings. The molecule has 0 aromatic heterocycles. The summed E-state index contributed by atoms with van der Waals surface area (Å²) in [4.78, 5) is 3.82. The van der Waals surface area contributed by atoms with E-state index >= 15 is 0 Å². The molecule has 0 aliphatic carbocycles. The van der Waals surface area contributed by atoms with E-state index in [1.54, 1.807) is 0 Å². The van der Waals surface area contributed by atoms with Crippen molar-refractivity contribution in [3.05, 3.63) is 6.42 Å². The van der Waals surface area contributed by atoms with Crippen LogP contribution in [0.1, 0.15) is 19.8 Å². The van der Waals surface area contributed by atoms with E-state index in [0.29, 0.717) is 6.61 Å². The molecule has 0 amide bonds. The van der Waals surface area contributed by atoms with Crippen LogP contribution in [0.4, 0.5) is 0 Å². The average molecular weight is 103 g/mol. The van der Waals surface area contributed by atoms with Crippen molar-refractivity contribution < 1.29 is 10.1 Å². The summed E-state index contributed by atoms with van der Waals surface area (Å²) < 4.78 is 0. The topological polar surface area (TPSA) is 29.5 Å². The Balaban J connectivity index is 2.45. The van der Waals surface area contributed by atoms with Crippen LogP contribution in [0.5, 0.6) is 0 Å². The highest BCUT2D eigenvalue weighted by molar-refractivity contribution is 4.53. The molecule has 1 N–H and O–H groups in total. The molecule has 1 radical (unpaired) electrons. The smallest absolute Gasteiger partial charge is 0.0819 e. The standard InChI is InChI=1S/C5H11O2/c1-2-3-4-5-7-6/h2,6H,3-5H2,1H3. The maximum absolute atomic E-state index is 7.78. The van der Waals surface area contributed by atoms with Gasteiger partial charge in [-0.2, -0.15) is 0 Å². The van der Waals surface area contributed by atoms with E-state index in [0.717, 1.165) is 12.8 Å². The first-order chi connectivity index (χ1) is 3.41. The van der Waals surface area contributed by atoms with Gasteiger partial charge in [0.2, 0.25) is 0 Å². The lowest BCUT2D eigenvalue weighted by Crippen LogP contribution is -1.86. The van der Waals surface area contributed by atoms with E-state index < -0.39 is 0 Å². The lowest BCUT2D eigenvalue weighted by molar-refractivity contribution is -0.242. The van der Waals surface area contributed by atoms with Crippen LogP contribution in [0.25, 0.3) is 0 Å². The van der Waals surface area contributed by atoms with E-state index in [4.69, 9.17) is 5.26 Å². The van der Waals surface area contributed by atoms with Crippen LogP contribution < -0.4 is 0 Å². The molecular formula is C5H11O2. The molecule has 2 heteroatoms. The zero-order valence-corrected chi connectivity index (χ0v) is 4.55. The van der Waals surface area contributed by atoms with Gasteiger partial charge in [-0.05, 0) is 19.3 Å². The summed E-state index contributed by atoms with van der Waals surface area (Å²) in [5.74, 6) is 0. The monoisotopic (exact) mass is 103 g/mol. The summed E-state index contributed by atoms with van der Waals surface area (Å²) in [5.41, 5.74) is 0. The summed E-state index contributed by atoms with van der Waals surface area (Å²) >= 11 is 0. The minimum atomic E-state index is 0.449. The third-order valence-corrected chi connectivity index (χ3v) is 0.728. The van der Waals surface area contributed by atoms with Crippen molar-refractivity contribution in [1.29, 1.82) is 0 Å². The minimum absolute atomic E-state index is 0.449. The minimum Gasteiger partial charge on any atom is -0.252 e. The maximum Gasteiger partial charge on any atom is 0.0819 e. The van der Waals surface area contributed by atoms with Crippen LogP contribution >= 0.6 is 0 Å². The average Bonchev–Trinajstić information content (AvgIpc) is 1.69. The molecule has 43 valence electrons. The number of rotatable bonds is 4. The first kappa shape index (κ1) is 6.92. The van der Waals surface area contributed by atoms with Crippen molar-refractivity contribution in [1.82, 2.24) is 0 Å². The van der Waals surface area contributed by atoms with Gasteiger partial charge in [-0.15, -0.1) is 0 Å². The first-order valence-electron chi connectivity index (χ1n) is 2.46. The molecule has 0 aromatic carbocycles. The summed E-state index contributed by atoms with van der Waals surface area (Å²) in [5, 5.41) is 7.78. The normalized spacial score (nSPS) is 9.43. The highest BCUT2D eigenvalue weighted by Gasteiger charge is 1.81. The van der Waals surface area contributed by atoms with Gasteiger partial charge < -0.3 is 0 Å². The quantitative estimate of drug-likeness (QED) is 0.332. The zero-order valence-electron chi connectivity index (χ0n) is 4.55. The number of hydrogen-bond donors (Lipinski definition) is 1. The molecule has 2 nitrogen and oxygen atoms in total. The predicted octanol–water partition coefficient (Wildman–Crippen LogP) is 1.48. The predicted molar refractivity (Wildman–Crippen MR) is 27.8 cm³/mol. The van der Waals surface area contributed by atoms with Gasteiger partial charge in [0.15, 0.2) is 0 Å². The van der Waals surface area contributed by atoms with Gasteiger partial charge in [-0.25, -0.2) is 4.89 Å². The molecule has 0 rings (SSSR count). The van der Waals surface area contributed by atoms with E-state index in [2.05, 4.69) is 4.89 Å². The third-order valence-electron chi connectivity index (χ3n) is 0.728. The molecule has 0 heterocycles. The number of unbranched alkanes of at least 4 members (excludes halogenated alkanes) is 2. The molecule has 0 saturated heterocycles. The van der Waals surface area contributed by atoms with Gasteiger partial charge in [-0.3, -0.25) is 5.26 Å². The Morgan fingerprint density at radius 3 is 2.86 bits per heavy atom. The highest BCUT2D eigenvalue weighted by Crippen LogP contribution is 1.90. The van der Waals surface area contributed by atoms with Crippen LogP contribution in [-0.4, -0.2) is 11.9 Å². The molecule has 7 heavy (non-hydrogen) atoms. The van der Waals surface area contributed by atoms with Gasteiger partial charge in [-0.1, -0.05) is 6.92 Å². The van der Waals surface area contributed by atoms with Gasteiger partial charge >= 0.3 is 0 Å². The van der Waals surface area contributed by atoms with E-state index in [9.17, 15) is 0 Å². The highest BCUT2D eigenvalue weighted by atomic mass is 17.1. The Morgan fingerprint density at radius 2 is 2.43 bits per heavy atom. The van der Waals surface area contributed by atoms with Crippen molar-refractivity contribution in [3.8, 4) is 0 Å². The van der Waals surface area contributed by atoms with Crippen molar-refractivity contribution in [2.24, 2.45) is 0 Å². The first-order valence-corrected chi connectivity index (χ1v) is 2.46. The Kier molecular flexibility index (Phi) is 5.85. The van der Waals surface area contributed by atoms with Crippen LogP contribution in [0, 0.1) is 6.42 Å². The Labute approximate surface area is 44.0 Å². The Morgan fingerprint density at radius 1 is 1.71 bits per heavy atom. The second kappa shape index (κ2) is 5.92. The van der Waals surface area contributed by atoms with Crippen LogP contribution in [-0.2, 0) is 4.89 Å². The van der Waals surface area contributed by atoms with Crippen LogP contribution in [0.2, 0.25) is 0 Å². The largest absolute Gasteiger partial charge is 0.252 e. The van der Waals surface area contributed by atoms with Gasteiger partial charge in [0.05, 0.1) is 6.61 Å². The summed E-state index contributed by atoms with van der Waals surface area (Å²) in [6.07, 6.45) is 3.96. The molecule has 0 bridgehead atoms. The molecule has 0 aliphatic heterocycles. The van der Waals surface area contributed by atoms with Crippen molar-refractivity contribution in [2.75, 3.05) is 6.61 Å². The van der Waals surface area contributed by atoms with Gasteiger partial charge in [0.25, 0.3) is 0 Å². The summed E-state index contributed by atoms with van der Waals surface area (Å²) in [7, 11) is 0. The fourth-order valence-corrected chi connectivity index (χ4v) is 0.352. The molecule has 0 aromatic rings. The second-order valence-electron chi connectivity index (χ2n) is 1.38. The molecule has 0 spiro atoms. The van der Waals surface area contributed by atoms with Crippen LogP contribution in [0.15, 0.2) is 0 Å². The van der Waals surface area contributed by atoms with Gasteiger partial charge in [0.1, 0.15) is 0 Å². The number of hydrogen-bond acceptors (Lipinski definition) is 2. The summed E-state index contributed by atoms with van der Waals surface area (Å²) in [6.45, 7) is 2.43. The van der Waals surface area contributed by atoms with E-state index in [-0.39, 0.29) is 0 Å². The fraction of sp³-hybridized carbons (Fsp3) is 0.800.